The molecule has 3 unspecified atom stereocenters. The molecule has 2 rings (SSSR count). The molecule has 1 aliphatic heterocycles. The molecule has 98 valence electrons. The highest BCUT2D eigenvalue weighted by Gasteiger charge is 2.29. The van der Waals surface area contributed by atoms with Gasteiger partial charge in [-0.05, 0) is 25.3 Å². The molecule has 1 amide bonds. The van der Waals surface area contributed by atoms with Crippen LogP contribution in [0, 0.1) is 0 Å². The van der Waals surface area contributed by atoms with Gasteiger partial charge in [0.05, 0.1) is 12.1 Å². The second-order valence-electron chi connectivity index (χ2n) is 4.64. The smallest absolute Gasteiger partial charge is 0.249 e. The Bertz CT molecular complexity index is 396. The third-order valence-electron chi connectivity index (χ3n) is 3.20. The summed E-state index contributed by atoms with van der Waals surface area (Å²) in [5, 5.41) is 2.95. The summed E-state index contributed by atoms with van der Waals surface area (Å²) in [7, 11) is 0. The number of amides is 1. The molecule has 1 aromatic carbocycles. The lowest BCUT2D eigenvalue weighted by Crippen LogP contribution is -2.37. The number of carbonyl (C=O) groups excluding carboxylic acids is 1. The predicted octanol–water partition coefficient (Wildman–Crippen LogP) is 2.65. The maximum Gasteiger partial charge on any atom is 0.249 e. The van der Waals surface area contributed by atoms with Gasteiger partial charge in [-0.1, -0.05) is 30.3 Å². The molecule has 0 bridgehead atoms. The first-order valence-electron chi connectivity index (χ1n) is 6.27. The number of benzene rings is 1. The quantitative estimate of drug-likeness (QED) is 0.852. The molecule has 1 aliphatic rings. The van der Waals surface area contributed by atoms with Crippen LogP contribution >= 0.6 is 11.6 Å². The van der Waals surface area contributed by atoms with Crippen molar-refractivity contribution in [1.82, 2.24) is 5.32 Å². The van der Waals surface area contributed by atoms with Gasteiger partial charge in [-0.3, -0.25) is 4.79 Å². The van der Waals surface area contributed by atoms with Crippen LogP contribution < -0.4 is 5.32 Å². The van der Waals surface area contributed by atoms with Crippen molar-refractivity contribution in [2.24, 2.45) is 0 Å². The number of carbonyl (C=O) groups is 1. The molecule has 3 atom stereocenters. The van der Waals surface area contributed by atoms with E-state index in [4.69, 9.17) is 16.3 Å². The Hall–Kier alpha value is -1.06. The molecule has 1 saturated heterocycles. The number of rotatable bonds is 4. The van der Waals surface area contributed by atoms with Gasteiger partial charge in [0.2, 0.25) is 5.91 Å². The summed E-state index contributed by atoms with van der Waals surface area (Å²) >= 11 is 5.93. The Balaban J connectivity index is 1.96. The van der Waals surface area contributed by atoms with E-state index in [0.717, 1.165) is 18.4 Å². The molecule has 0 aliphatic carbocycles. The number of alkyl halides is 1. The molecule has 18 heavy (non-hydrogen) atoms. The summed E-state index contributed by atoms with van der Waals surface area (Å²) in [5.41, 5.74) is 1.02. The fourth-order valence-corrected chi connectivity index (χ4v) is 2.41. The van der Waals surface area contributed by atoms with Crippen molar-refractivity contribution in [2.45, 2.75) is 38.0 Å². The summed E-state index contributed by atoms with van der Waals surface area (Å²) < 4.78 is 5.55. The lowest BCUT2D eigenvalue weighted by atomic mass is 10.1. The average molecular weight is 268 g/mol. The standard InChI is InChI=1S/C14H18ClNO2/c1-10-7-8-13(18-10)14(17)16-12(9-15)11-5-3-2-4-6-11/h2-6,10,12-13H,7-9H2,1H3,(H,16,17). The maximum atomic E-state index is 12.0. The molecule has 0 aromatic heterocycles. The summed E-state index contributed by atoms with van der Waals surface area (Å²) in [6.07, 6.45) is 1.58. The Morgan fingerprint density at radius 3 is 2.72 bits per heavy atom. The molecule has 0 saturated carbocycles. The minimum atomic E-state index is -0.325. The number of hydrogen-bond donors (Lipinski definition) is 1. The topological polar surface area (TPSA) is 38.3 Å². The van der Waals surface area contributed by atoms with Gasteiger partial charge in [-0.25, -0.2) is 0 Å². The fraction of sp³-hybridized carbons (Fsp3) is 0.500. The molecule has 0 radical (unpaired) electrons. The van der Waals surface area contributed by atoms with E-state index >= 15 is 0 Å². The van der Waals surface area contributed by atoms with E-state index in [9.17, 15) is 4.79 Å². The normalized spacial score (nSPS) is 24.8. The van der Waals surface area contributed by atoms with E-state index in [1.807, 2.05) is 37.3 Å². The number of ether oxygens (including phenoxy) is 1. The van der Waals surface area contributed by atoms with Crippen molar-refractivity contribution in [1.29, 1.82) is 0 Å². The summed E-state index contributed by atoms with van der Waals surface area (Å²) in [4.78, 5) is 12.0. The number of hydrogen-bond acceptors (Lipinski definition) is 2. The van der Waals surface area contributed by atoms with Crippen molar-refractivity contribution >= 4 is 17.5 Å². The Morgan fingerprint density at radius 2 is 2.17 bits per heavy atom. The van der Waals surface area contributed by atoms with Gasteiger partial charge in [0, 0.05) is 5.88 Å². The van der Waals surface area contributed by atoms with Gasteiger partial charge in [0.1, 0.15) is 6.10 Å². The number of nitrogens with one attached hydrogen (secondary N) is 1. The first kappa shape index (κ1) is 13.4. The lowest BCUT2D eigenvalue weighted by Gasteiger charge is -2.19. The highest BCUT2D eigenvalue weighted by atomic mass is 35.5. The molecule has 4 heteroatoms. The van der Waals surface area contributed by atoms with Crippen LogP contribution in [0.25, 0.3) is 0 Å². The first-order valence-corrected chi connectivity index (χ1v) is 6.81. The Morgan fingerprint density at radius 1 is 1.44 bits per heavy atom. The van der Waals surface area contributed by atoms with Crippen LogP contribution in [0.2, 0.25) is 0 Å². The molecular weight excluding hydrogens is 250 g/mol. The fourth-order valence-electron chi connectivity index (χ4n) is 2.16. The van der Waals surface area contributed by atoms with Crippen LogP contribution in [-0.2, 0) is 9.53 Å². The molecule has 1 heterocycles. The van der Waals surface area contributed by atoms with Crippen molar-refractivity contribution in [3.8, 4) is 0 Å². The van der Waals surface area contributed by atoms with Gasteiger partial charge < -0.3 is 10.1 Å². The number of halogens is 1. The minimum absolute atomic E-state index is 0.0612. The zero-order valence-electron chi connectivity index (χ0n) is 10.4. The van der Waals surface area contributed by atoms with Crippen LogP contribution in [0.3, 0.4) is 0 Å². The third-order valence-corrected chi connectivity index (χ3v) is 3.51. The van der Waals surface area contributed by atoms with E-state index in [0.29, 0.717) is 5.88 Å². The molecule has 1 fully saturated rings. The van der Waals surface area contributed by atoms with E-state index < -0.39 is 0 Å². The van der Waals surface area contributed by atoms with E-state index in [2.05, 4.69) is 5.32 Å². The Kier molecular flexibility index (Phi) is 4.61. The van der Waals surface area contributed by atoms with Crippen molar-refractivity contribution in [3.63, 3.8) is 0 Å². The van der Waals surface area contributed by atoms with Crippen molar-refractivity contribution in [3.05, 3.63) is 35.9 Å². The van der Waals surface area contributed by atoms with E-state index in [1.165, 1.54) is 0 Å². The van der Waals surface area contributed by atoms with E-state index in [-0.39, 0.29) is 24.2 Å². The van der Waals surface area contributed by atoms with Gasteiger partial charge in [-0.15, -0.1) is 11.6 Å². The molecule has 1 aromatic rings. The second-order valence-corrected chi connectivity index (χ2v) is 4.95. The SMILES string of the molecule is CC1CCC(C(=O)NC(CCl)c2ccccc2)O1. The maximum absolute atomic E-state index is 12.0. The zero-order chi connectivity index (χ0) is 13.0. The third kappa shape index (κ3) is 3.24. The zero-order valence-corrected chi connectivity index (χ0v) is 11.2. The average Bonchev–Trinajstić information content (AvgIpc) is 2.83. The molecule has 0 spiro atoms. The van der Waals surface area contributed by atoms with Gasteiger partial charge >= 0.3 is 0 Å². The van der Waals surface area contributed by atoms with Crippen molar-refractivity contribution < 1.29 is 9.53 Å². The van der Waals surface area contributed by atoms with Crippen LogP contribution in [-0.4, -0.2) is 24.0 Å². The van der Waals surface area contributed by atoms with E-state index in [1.54, 1.807) is 0 Å². The molecule has 3 nitrogen and oxygen atoms in total. The lowest BCUT2D eigenvalue weighted by molar-refractivity contribution is -0.132. The van der Waals surface area contributed by atoms with Crippen LogP contribution in [0.15, 0.2) is 30.3 Å². The van der Waals surface area contributed by atoms with Gasteiger partial charge in [0.15, 0.2) is 0 Å². The van der Waals surface area contributed by atoms with Gasteiger partial charge in [-0.2, -0.15) is 0 Å². The molecular formula is C14H18ClNO2. The molecule has 1 N–H and O–H groups in total. The van der Waals surface area contributed by atoms with Crippen LogP contribution in [0.1, 0.15) is 31.4 Å². The highest BCUT2D eigenvalue weighted by molar-refractivity contribution is 6.18. The van der Waals surface area contributed by atoms with Crippen LogP contribution in [0.4, 0.5) is 0 Å². The van der Waals surface area contributed by atoms with Crippen LogP contribution in [0.5, 0.6) is 0 Å². The largest absolute Gasteiger partial charge is 0.365 e. The first-order chi connectivity index (χ1) is 8.70. The summed E-state index contributed by atoms with van der Waals surface area (Å²) in [6.45, 7) is 1.99. The summed E-state index contributed by atoms with van der Waals surface area (Å²) in [5.74, 6) is 0.298. The predicted molar refractivity (Wildman–Crippen MR) is 71.6 cm³/mol. The summed E-state index contributed by atoms with van der Waals surface area (Å²) in [6, 6.07) is 9.60. The highest BCUT2D eigenvalue weighted by Crippen LogP contribution is 2.21. The Labute approximate surface area is 112 Å². The minimum Gasteiger partial charge on any atom is -0.365 e. The van der Waals surface area contributed by atoms with Gasteiger partial charge in [0.25, 0.3) is 0 Å². The van der Waals surface area contributed by atoms with Crippen molar-refractivity contribution in [2.75, 3.05) is 5.88 Å². The monoisotopic (exact) mass is 267 g/mol. The second kappa shape index (κ2) is 6.21.